The molecule has 198 valence electrons. The van der Waals surface area contributed by atoms with Crippen molar-refractivity contribution < 1.29 is 4.42 Å². The molecule has 9 aromatic rings. The van der Waals surface area contributed by atoms with Gasteiger partial charge in [-0.1, -0.05) is 84.9 Å². The molecule has 0 fully saturated rings. The summed E-state index contributed by atoms with van der Waals surface area (Å²) in [6.45, 7) is 0. The third kappa shape index (κ3) is 3.26. The molecule has 0 aliphatic rings. The van der Waals surface area contributed by atoms with Gasteiger partial charge < -0.3 is 13.6 Å². The van der Waals surface area contributed by atoms with E-state index in [-0.39, 0.29) is 0 Å². The van der Waals surface area contributed by atoms with E-state index < -0.39 is 0 Å². The van der Waals surface area contributed by atoms with Crippen LogP contribution in [0.5, 0.6) is 0 Å². The summed E-state index contributed by atoms with van der Waals surface area (Å²) in [4.78, 5) is 4.94. The maximum atomic E-state index is 6.26. The second kappa shape index (κ2) is 8.69. The molecule has 0 unspecified atom stereocenters. The molecule has 0 saturated heterocycles. The van der Waals surface area contributed by atoms with Crippen LogP contribution >= 0.6 is 0 Å². The van der Waals surface area contributed by atoms with Crippen molar-refractivity contribution in [2.45, 2.75) is 0 Å². The van der Waals surface area contributed by atoms with Gasteiger partial charge in [0, 0.05) is 39.8 Å². The van der Waals surface area contributed by atoms with Crippen LogP contribution in [0.15, 0.2) is 138 Å². The summed E-state index contributed by atoms with van der Waals surface area (Å²) in [5.41, 5.74) is 10.9. The summed E-state index contributed by atoms with van der Waals surface area (Å²) in [6, 6.07) is 47.0. The molecule has 0 aliphatic heterocycles. The van der Waals surface area contributed by atoms with Crippen LogP contribution in [-0.4, -0.2) is 14.1 Å². The number of furan rings is 1. The van der Waals surface area contributed by atoms with Crippen LogP contribution in [0.1, 0.15) is 0 Å². The molecule has 6 aromatic carbocycles. The Morgan fingerprint density at radius 1 is 0.524 bits per heavy atom. The highest BCUT2D eigenvalue weighted by Gasteiger charge is 2.19. The van der Waals surface area contributed by atoms with Crippen molar-refractivity contribution in [2.24, 2.45) is 7.05 Å². The van der Waals surface area contributed by atoms with E-state index in [1.807, 2.05) is 18.2 Å². The molecule has 3 heterocycles. The zero-order chi connectivity index (χ0) is 27.8. The molecule has 0 saturated carbocycles. The monoisotopic (exact) mass is 539 g/mol. The average molecular weight is 540 g/mol. The van der Waals surface area contributed by atoms with Gasteiger partial charge in [0.05, 0.1) is 22.1 Å². The van der Waals surface area contributed by atoms with Crippen LogP contribution in [-0.2, 0) is 7.05 Å². The quantitative estimate of drug-likeness (QED) is 0.224. The Hall–Kier alpha value is -5.61. The van der Waals surface area contributed by atoms with Crippen molar-refractivity contribution in [1.82, 2.24) is 14.1 Å². The first kappa shape index (κ1) is 23.1. The topological polar surface area (TPSA) is 35.9 Å². The maximum absolute atomic E-state index is 6.26. The lowest BCUT2D eigenvalue weighted by atomic mass is 10.0. The number of hydrogen-bond acceptors (Lipinski definition) is 2. The highest BCUT2D eigenvalue weighted by molar-refractivity contribution is 6.27. The van der Waals surface area contributed by atoms with Crippen LogP contribution in [0, 0.1) is 0 Å². The van der Waals surface area contributed by atoms with Gasteiger partial charge in [0.25, 0.3) is 0 Å². The number of fused-ring (bicyclic) bond motifs is 8. The fourth-order valence-corrected chi connectivity index (χ4v) is 6.59. The highest BCUT2D eigenvalue weighted by atomic mass is 16.3. The Kier molecular flexibility index (Phi) is 4.79. The minimum absolute atomic E-state index is 0.916. The summed E-state index contributed by atoms with van der Waals surface area (Å²) in [5.74, 6) is 0.972. The second-order valence-electron chi connectivity index (χ2n) is 10.9. The molecule has 9 rings (SSSR count). The molecule has 4 heteroatoms. The number of para-hydroxylation sites is 2. The lowest BCUT2D eigenvalue weighted by Gasteiger charge is -2.11. The first-order chi connectivity index (χ1) is 20.7. The minimum atomic E-state index is 0.916. The van der Waals surface area contributed by atoms with E-state index in [0.717, 1.165) is 55.8 Å². The molecule has 3 aromatic heterocycles. The first-order valence-corrected chi connectivity index (χ1v) is 14.2. The van der Waals surface area contributed by atoms with Crippen LogP contribution in [0.4, 0.5) is 0 Å². The molecular weight excluding hydrogens is 514 g/mol. The minimum Gasteiger partial charge on any atom is -0.456 e. The van der Waals surface area contributed by atoms with E-state index in [4.69, 9.17) is 9.40 Å². The molecule has 4 nitrogen and oxygen atoms in total. The van der Waals surface area contributed by atoms with Gasteiger partial charge in [-0.2, -0.15) is 0 Å². The van der Waals surface area contributed by atoms with E-state index >= 15 is 0 Å². The summed E-state index contributed by atoms with van der Waals surface area (Å²) < 4.78 is 10.8. The summed E-state index contributed by atoms with van der Waals surface area (Å²) in [6.07, 6.45) is 0. The normalized spacial score (nSPS) is 11.9. The summed E-state index contributed by atoms with van der Waals surface area (Å²) >= 11 is 0. The standard InChI is InChI=1S/C38H25N3O/c1-40-33-23-26(18-19-30(33)39-38(40)24-10-3-2-4-11-24)25-12-9-13-27(22-25)41-31-16-7-5-14-28(31)36-32(41)20-21-35-37(36)29-15-6-8-17-34(29)42-35/h2-23H,1H3. The Morgan fingerprint density at radius 2 is 1.29 bits per heavy atom. The van der Waals surface area contributed by atoms with Crippen LogP contribution in [0.3, 0.4) is 0 Å². The molecule has 0 radical (unpaired) electrons. The molecule has 0 atom stereocenters. The van der Waals surface area contributed by atoms with Gasteiger partial charge in [-0.25, -0.2) is 4.98 Å². The predicted molar refractivity (Wildman–Crippen MR) is 173 cm³/mol. The zero-order valence-electron chi connectivity index (χ0n) is 23.0. The molecular formula is C38H25N3O. The van der Waals surface area contributed by atoms with E-state index in [9.17, 15) is 0 Å². The van der Waals surface area contributed by atoms with Gasteiger partial charge in [-0.3, -0.25) is 0 Å². The fraction of sp³-hybridized carbons (Fsp3) is 0.0263. The Balaban J connectivity index is 1.25. The second-order valence-corrected chi connectivity index (χ2v) is 10.9. The van der Waals surface area contributed by atoms with Gasteiger partial charge in [0.2, 0.25) is 0 Å². The van der Waals surface area contributed by atoms with Crippen molar-refractivity contribution >= 4 is 54.8 Å². The van der Waals surface area contributed by atoms with Crippen LogP contribution in [0.25, 0.3) is 83.0 Å². The number of nitrogens with zero attached hydrogens (tertiary/aromatic N) is 3. The molecule has 42 heavy (non-hydrogen) atoms. The predicted octanol–water partition coefficient (Wildman–Crippen LogP) is 9.90. The van der Waals surface area contributed by atoms with Gasteiger partial charge in [0.15, 0.2) is 0 Å². The van der Waals surface area contributed by atoms with Gasteiger partial charge in [-0.05, 0) is 59.7 Å². The number of hydrogen-bond donors (Lipinski definition) is 0. The van der Waals surface area contributed by atoms with Gasteiger partial charge in [-0.15, -0.1) is 0 Å². The largest absolute Gasteiger partial charge is 0.456 e. The maximum Gasteiger partial charge on any atom is 0.140 e. The van der Waals surface area contributed by atoms with E-state index in [1.165, 1.54) is 27.2 Å². The average Bonchev–Trinajstić information content (AvgIpc) is 3.70. The third-order valence-electron chi connectivity index (χ3n) is 8.53. The molecule has 0 amide bonds. The molecule has 0 aliphatic carbocycles. The molecule has 0 spiro atoms. The van der Waals surface area contributed by atoms with Crippen molar-refractivity contribution in [3.8, 4) is 28.2 Å². The number of imidazole rings is 1. The fourth-order valence-electron chi connectivity index (χ4n) is 6.59. The van der Waals surface area contributed by atoms with E-state index in [0.29, 0.717) is 0 Å². The van der Waals surface area contributed by atoms with Gasteiger partial charge >= 0.3 is 0 Å². The van der Waals surface area contributed by atoms with Crippen molar-refractivity contribution in [2.75, 3.05) is 0 Å². The Morgan fingerprint density at radius 3 is 2.19 bits per heavy atom. The van der Waals surface area contributed by atoms with Crippen molar-refractivity contribution in [1.29, 1.82) is 0 Å². The van der Waals surface area contributed by atoms with Crippen LogP contribution < -0.4 is 0 Å². The van der Waals surface area contributed by atoms with Gasteiger partial charge in [0.1, 0.15) is 17.0 Å². The SMILES string of the molecule is Cn1c(-c2ccccc2)nc2ccc(-c3cccc(-n4c5ccccc5c5c6c(ccc54)oc4ccccc46)c3)cc21. The molecule has 0 bridgehead atoms. The van der Waals surface area contributed by atoms with Crippen molar-refractivity contribution in [3.63, 3.8) is 0 Å². The third-order valence-corrected chi connectivity index (χ3v) is 8.53. The summed E-state index contributed by atoms with van der Waals surface area (Å²) in [7, 11) is 2.09. The number of rotatable bonds is 3. The lowest BCUT2D eigenvalue weighted by Crippen LogP contribution is -1.94. The van der Waals surface area contributed by atoms with Crippen LogP contribution in [0.2, 0.25) is 0 Å². The smallest absolute Gasteiger partial charge is 0.140 e. The Bertz CT molecular complexity index is 2480. The number of aryl methyl sites for hydroxylation is 1. The number of aromatic nitrogens is 3. The van der Waals surface area contributed by atoms with E-state index in [1.54, 1.807) is 0 Å². The number of benzene rings is 6. The lowest BCUT2D eigenvalue weighted by molar-refractivity contribution is 0.669. The van der Waals surface area contributed by atoms with E-state index in [2.05, 4.69) is 131 Å². The zero-order valence-corrected chi connectivity index (χ0v) is 23.0. The highest BCUT2D eigenvalue weighted by Crippen LogP contribution is 2.41. The Labute approximate surface area is 241 Å². The van der Waals surface area contributed by atoms with Crippen molar-refractivity contribution in [3.05, 3.63) is 133 Å². The first-order valence-electron chi connectivity index (χ1n) is 14.2. The summed E-state index contributed by atoms with van der Waals surface area (Å²) in [5, 5.41) is 4.77. The molecule has 0 N–H and O–H groups in total.